The first kappa shape index (κ1) is 17.4. The lowest BCUT2D eigenvalue weighted by Gasteiger charge is -2.12. The van der Waals surface area contributed by atoms with Crippen molar-refractivity contribution in [3.05, 3.63) is 52.3 Å². The van der Waals surface area contributed by atoms with E-state index in [4.69, 9.17) is 8.92 Å². The molecular weight excluding hydrogens is 391 g/mol. The van der Waals surface area contributed by atoms with E-state index in [-0.39, 0.29) is 17.3 Å². The van der Waals surface area contributed by atoms with Crippen molar-refractivity contribution in [3.8, 4) is 11.5 Å². The first-order valence-corrected chi connectivity index (χ1v) is 8.53. The first-order chi connectivity index (χ1) is 10.7. The van der Waals surface area contributed by atoms with Gasteiger partial charge in [-0.3, -0.25) is 4.79 Å². The summed E-state index contributed by atoms with van der Waals surface area (Å²) >= 11 is 3.08. The predicted molar refractivity (Wildman–Crippen MR) is 84.9 cm³/mol. The van der Waals surface area contributed by atoms with Crippen molar-refractivity contribution < 1.29 is 26.5 Å². The number of ketones is 1. The van der Waals surface area contributed by atoms with E-state index in [9.17, 15) is 17.6 Å². The minimum atomic E-state index is -4.40. The molecule has 0 fully saturated rings. The zero-order chi connectivity index (χ0) is 17.2. The molecule has 0 aliphatic rings. The average molecular weight is 403 g/mol. The van der Waals surface area contributed by atoms with E-state index in [2.05, 4.69) is 15.9 Å². The number of benzene rings is 2. The number of halogens is 2. The standard InChI is InChI=1S/C15H12BrFO5S/c1-9(18)10-3-6-13(14(7-10)21-2)22-23(19,20)15-8-11(16)4-5-12(15)17/h3-8H,1-2H3. The Morgan fingerprint density at radius 3 is 2.43 bits per heavy atom. The summed E-state index contributed by atoms with van der Waals surface area (Å²) in [6.07, 6.45) is 0. The topological polar surface area (TPSA) is 69.7 Å². The fourth-order valence-corrected chi connectivity index (χ4v) is 3.34. The summed E-state index contributed by atoms with van der Waals surface area (Å²) in [7, 11) is -3.10. The van der Waals surface area contributed by atoms with Gasteiger partial charge in [-0.05, 0) is 43.3 Å². The van der Waals surface area contributed by atoms with E-state index in [1.54, 1.807) is 0 Å². The highest BCUT2D eigenvalue weighted by Crippen LogP contribution is 2.32. The van der Waals surface area contributed by atoms with Crippen LogP contribution >= 0.6 is 15.9 Å². The molecule has 0 saturated carbocycles. The normalized spacial score (nSPS) is 11.1. The van der Waals surface area contributed by atoms with Crippen LogP contribution in [0.15, 0.2) is 45.8 Å². The summed E-state index contributed by atoms with van der Waals surface area (Å²) in [5.74, 6) is -1.24. The second-order valence-corrected chi connectivity index (χ2v) is 6.96. The fourth-order valence-electron chi connectivity index (χ4n) is 1.79. The Hall–Kier alpha value is -1.93. The van der Waals surface area contributed by atoms with Gasteiger partial charge in [0.15, 0.2) is 17.3 Å². The summed E-state index contributed by atoms with van der Waals surface area (Å²) < 4.78 is 48.6. The Kier molecular flexibility index (Phi) is 5.06. The third-order valence-corrected chi connectivity index (χ3v) is 4.68. The fraction of sp³-hybridized carbons (Fsp3) is 0.133. The average Bonchev–Trinajstić information content (AvgIpc) is 2.49. The lowest BCUT2D eigenvalue weighted by Crippen LogP contribution is -2.12. The van der Waals surface area contributed by atoms with Gasteiger partial charge in [0.05, 0.1) is 7.11 Å². The van der Waals surface area contributed by atoms with Crippen LogP contribution in [0.25, 0.3) is 0 Å². The molecule has 0 aromatic heterocycles. The number of carbonyl (C=O) groups excluding carboxylic acids is 1. The smallest absolute Gasteiger partial charge is 0.342 e. The Labute approximate surface area is 141 Å². The summed E-state index contributed by atoms with van der Waals surface area (Å²) in [4.78, 5) is 10.7. The number of ether oxygens (including phenoxy) is 1. The maximum Gasteiger partial charge on any atom is 0.342 e. The molecule has 2 rings (SSSR count). The quantitative estimate of drug-likeness (QED) is 0.564. The lowest BCUT2D eigenvalue weighted by molar-refractivity contribution is 0.101. The number of Topliss-reactive ketones (excluding diaryl/α,β-unsaturated/α-hetero) is 1. The number of hydrogen-bond acceptors (Lipinski definition) is 5. The molecule has 0 N–H and O–H groups in total. The highest BCUT2D eigenvalue weighted by atomic mass is 79.9. The van der Waals surface area contributed by atoms with Gasteiger partial charge < -0.3 is 8.92 Å². The predicted octanol–water partition coefficient (Wildman–Crippen LogP) is 3.57. The number of rotatable bonds is 5. The molecule has 0 saturated heterocycles. The maximum absolute atomic E-state index is 13.8. The van der Waals surface area contributed by atoms with Crippen LogP contribution in [0.3, 0.4) is 0 Å². The second-order valence-electron chi connectivity index (χ2n) is 4.53. The molecule has 0 aliphatic heterocycles. The Bertz CT molecular complexity index is 864. The molecule has 0 atom stereocenters. The van der Waals surface area contributed by atoms with Gasteiger partial charge in [-0.1, -0.05) is 15.9 Å². The van der Waals surface area contributed by atoms with Crippen LogP contribution in [0.1, 0.15) is 17.3 Å². The SMILES string of the molecule is COc1cc(C(C)=O)ccc1OS(=O)(=O)c1cc(Br)ccc1F. The molecule has 2 aromatic rings. The van der Waals surface area contributed by atoms with Crippen molar-refractivity contribution in [2.75, 3.05) is 7.11 Å². The minimum Gasteiger partial charge on any atom is -0.493 e. The molecular formula is C15H12BrFO5S. The van der Waals surface area contributed by atoms with Crippen LogP contribution < -0.4 is 8.92 Å². The van der Waals surface area contributed by atoms with Gasteiger partial charge in [0.2, 0.25) is 0 Å². The number of methoxy groups -OCH3 is 1. The first-order valence-electron chi connectivity index (χ1n) is 6.33. The highest BCUT2D eigenvalue weighted by molar-refractivity contribution is 9.10. The van der Waals surface area contributed by atoms with Crippen molar-refractivity contribution in [1.29, 1.82) is 0 Å². The molecule has 0 spiro atoms. The van der Waals surface area contributed by atoms with Crippen LogP contribution in [0, 0.1) is 5.82 Å². The molecule has 0 heterocycles. The molecule has 0 aliphatic carbocycles. The van der Waals surface area contributed by atoms with Crippen molar-refractivity contribution in [2.45, 2.75) is 11.8 Å². The lowest BCUT2D eigenvalue weighted by atomic mass is 10.1. The Morgan fingerprint density at radius 2 is 1.83 bits per heavy atom. The maximum atomic E-state index is 13.8. The Balaban J connectivity index is 2.45. The van der Waals surface area contributed by atoms with Crippen LogP contribution in [-0.2, 0) is 10.1 Å². The number of hydrogen-bond donors (Lipinski definition) is 0. The summed E-state index contributed by atoms with van der Waals surface area (Å²) in [5, 5.41) is 0. The molecule has 8 heteroatoms. The van der Waals surface area contributed by atoms with Gasteiger partial charge in [-0.2, -0.15) is 8.42 Å². The zero-order valence-electron chi connectivity index (χ0n) is 12.2. The van der Waals surface area contributed by atoms with Crippen molar-refractivity contribution in [3.63, 3.8) is 0 Å². The largest absolute Gasteiger partial charge is 0.493 e. The minimum absolute atomic E-state index is 0.0525. The number of carbonyl (C=O) groups is 1. The summed E-state index contributed by atoms with van der Waals surface area (Å²) in [6.45, 7) is 1.36. The molecule has 0 radical (unpaired) electrons. The van der Waals surface area contributed by atoms with E-state index < -0.39 is 20.8 Å². The van der Waals surface area contributed by atoms with Gasteiger partial charge >= 0.3 is 10.1 Å². The monoisotopic (exact) mass is 402 g/mol. The van der Waals surface area contributed by atoms with E-state index >= 15 is 0 Å². The van der Waals surface area contributed by atoms with Gasteiger partial charge in [-0.15, -0.1) is 0 Å². The van der Waals surface area contributed by atoms with Crippen molar-refractivity contribution >= 4 is 31.8 Å². The van der Waals surface area contributed by atoms with E-state index in [0.717, 1.165) is 12.1 Å². The second kappa shape index (κ2) is 6.67. The summed E-state index contributed by atoms with van der Waals surface area (Å²) in [5.41, 5.74) is 0.334. The molecule has 122 valence electrons. The zero-order valence-corrected chi connectivity index (χ0v) is 14.6. The van der Waals surface area contributed by atoms with E-state index in [1.165, 1.54) is 38.3 Å². The highest BCUT2D eigenvalue weighted by Gasteiger charge is 2.24. The van der Waals surface area contributed by atoms with Crippen molar-refractivity contribution in [1.82, 2.24) is 0 Å². The van der Waals surface area contributed by atoms with E-state index in [0.29, 0.717) is 10.0 Å². The van der Waals surface area contributed by atoms with Gasteiger partial charge in [0.1, 0.15) is 10.7 Å². The molecule has 23 heavy (non-hydrogen) atoms. The van der Waals surface area contributed by atoms with Crippen LogP contribution in [0.4, 0.5) is 4.39 Å². The molecule has 0 amide bonds. The molecule has 0 bridgehead atoms. The van der Waals surface area contributed by atoms with Gasteiger partial charge in [0.25, 0.3) is 0 Å². The Morgan fingerprint density at radius 1 is 1.13 bits per heavy atom. The molecule has 0 unspecified atom stereocenters. The van der Waals surface area contributed by atoms with Crippen LogP contribution in [0.5, 0.6) is 11.5 Å². The van der Waals surface area contributed by atoms with Crippen LogP contribution in [-0.4, -0.2) is 21.3 Å². The van der Waals surface area contributed by atoms with Gasteiger partial charge in [-0.25, -0.2) is 4.39 Å². The third kappa shape index (κ3) is 3.89. The van der Waals surface area contributed by atoms with Crippen molar-refractivity contribution in [2.24, 2.45) is 0 Å². The summed E-state index contributed by atoms with van der Waals surface area (Å²) in [6, 6.07) is 7.51. The van der Waals surface area contributed by atoms with E-state index in [1.807, 2.05) is 0 Å². The molecule has 2 aromatic carbocycles. The third-order valence-electron chi connectivity index (χ3n) is 2.93. The van der Waals surface area contributed by atoms with Crippen LogP contribution in [0.2, 0.25) is 0 Å². The molecule has 5 nitrogen and oxygen atoms in total. The van der Waals surface area contributed by atoms with Gasteiger partial charge in [0, 0.05) is 10.0 Å².